The maximum Gasteiger partial charge on any atom is 0.218 e. The second-order valence-electron chi connectivity index (χ2n) is 3.90. The standard InChI is InChI=1S/C11H20N4O/c1-5-16-11-6-10(13-9(3)14-11)15(4)7-8(2)12/h6,8H,5,7,12H2,1-4H3. The maximum absolute atomic E-state index is 5.75. The summed E-state index contributed by atoms with van der Waals surface area (Å²) in [5.41, 5.74) is 5.75. The summed E-state index contributed by atoms with van der Waals surface area (Å²) in [6, 6.07) is 1.94. The lowest BCUT2D eigenvalue weighted by Crippen LogP contribution is -2.33. The Kier molecular flexibility index (Phi) is 4.49. The number of aromatic nitrogens is 2. The Morgan fingerprint density at radius 2 is 2.19 bits per heavy atom. The zero-order valence-electron chi connectivity index (χ0n) is 10.4. The molecule has 1 rings (SSSR count). The molecule has 0 radical (unpaired) electrons. The van der Waals surface area contributed by atoms with Crippen molar-refractivity contribution in [2.75, 3.05) is 25.1 Å². The highest BCUT2D eigenvalue weighted by molar-refractivity contribution is 5.41. The van der Waals surface area contributed by atoms with Crippen LogP contribution < -0.4 is 15.4 Å². The predicted molar refractivity (Wildman–Crippen MR) is 64.9 cm³/mol. The Hall–Kier alpha value is -1.36. The number of hydrogen-bond acceptors (Lipinski definition) is 5. The van der Waals surface area contributed by atoms with Crippen LogP contribution in [0.15, 0.2) is 6.07 Å². The number of likely N-dealkylation sites (N-methyl/N-ethyl adjacent to an activating group) is 1. The van der Waals surface area contributed by atoms with E-state index in [0.29, 0.717) is 18.3 Å². The van der Waals surface area contributed by atoms with Crippen molar-refractivity contribution < 1.29 is 4.74 Å². The number of nitrogens with zero attached hydrogens (tertiary/aromatic N) is 3. The first-order valence-corrected chi connectivity index (χ1v) is 5.48. The molecule has 0 aliphatic heterocycles. The molecule has 1 aromatic heterocycles. The van der Waals surface area contributed by atoms with Gasteiger partial charge in [-0.2, -0.15) is 4.98 Å². The number of aryl methyl sites for hydroxylation is 1. The minimum absolute atomic E-state index is 0.107. The monoisotopic (exact) mass is 224 g/mol. The van der Waals surface area contributed by atoms with E-state index >= 15 is 0 Å². The second kappa shape index (κ2) is 5.65. The van der Waals surface area contributed by atoms with E-state index in [9.17, 15) is 0 Å². The molecule has 0 saturated heterocycles. The lowest BCUT2D eigenvalue weighted by Gasteiger charge is -2.20. The quantitative estimate of drug-likeness (QED) is 0.807. The molecule has 0 amide bonds. The van der Waals surface area contributed by atoms with Gasteiger partial charge in [-0.15, -0.1) is 0 Å². The Morgan fingerprint density at radius 3 is 2.75 bits per heavy atom. The molecule has 1 atom stereocenters. The summed E-state index contributed by atoms with van der Waals surface area (Å²) in [4.78, 5) is 10.5. The smallest absolute Gasteiger partial charge is 0.218 e. The average molecular weight is 224 g/mol. The van der Waals surface area contributed by atoms with Crippen LogP contribution >= 0.6 is 0 Å². The number of ether oxygens (including phenoxy) is 1. The Balaban J connectivity index is 2.86. The molecule has 0 aliphatic carbocycles. The van der Waals surface area contributed by atoms with Crippen LogP contribution in [0.4, 0.5) is 5.82 Å². The van der Waals surface area contributed by atoms with Gasteiger partial charge < -0.3 is 15.4 Å². The molecule has 5 nitrogen and oxygen atoms in total. The summed E-state index contributed by atoms with van der Waals surface area (Å²) >= 11 is 0. The second-order valence-corrected chi connectivity index (χ2v) is 3.90. The maximum atomic E-state index is 5.75. The molecular formula is C11H20N4O. The molecule has 0 aromatic carbocycles. The molecule has 16 heavy (non-hydrogen) atoms. The van der Waals surface area contributed by atoms with E-state index < -0.39 is 0 Å². The Labute approximate surface area is 96.6 Å². The largest absolute Gasteiger partial charge is 0.478 e. The van der Waals surface area contributed by atoms with Gasteiger partial charge in [-0.1, -0.05) is 0 Å². The number of nitrogens with two attached hydrogens (primary N) is 1. The molecule has 1 heterocycles. The third-order valence-corrected chi connectivity index (χ3v) is 2.05. The van der Waals surface area contributed by atoms with Crippen molar-refractivity contribution in [3.05, 3.63) is 11.9 Å². The minimum atomic E-state index is 0.107. The Morgan fingerprint density at radius 1 is 1.50 bits per heavy atom. The highest BCUT2D eigenvalue weighted by Gasteiger charge is 2.08. The first-order chi connectivity index (χ1) is 7.52. The molecule has 0 saturated carbocycles. The van der Waals surface area contributed by atoms with Crippen LogP contribution in [0.5, 0.6) is 5.88 Å². The number of hydrogen-bond donors (Lipinski definition) is 1. The lowest BCUT2D eigenvalue weighted by molar-refractivity contribution is 0.325. The predicted octanol–water partition coefficient (Wildman–Crippen LogP) is 0.967. The van der Waals surface area contributed by atoms with Crippen molar-refractivity contribution in [3.63, 3.8) is 0 Å². The van der Waals surface area contributed by atoms with Crippen LogP contribution in [0.2, 0.25) is 0 Å². The van der Waals surface area contributed by atoms with Crippen LogP contribution in [-0.2, 0) is 0 Å². The van der Waals surface area contributed by atoms with Gasteiger partial charge in [0.25, 0.3) is 0 Å². The zero-order valence-corrected chi connectivity index (χ0v) is 10.4. The molecule has 5 heteroatoms. The van der Waals surface area contributed by atoms with Gasteiger partial charge in [0.05, 0.1) is 6.61 Å². The van der Waals surface area contributed by atoms with Crippen LogP contribution in [0, 0.1) is 6.92 Å². The fourth-order valence-electron chi connectivity index (χ4n) is 1.47. The van der Waals surface area contributed by atoms with Gasteiger partial charge in [-0.3, -0.25) is 0 Å². The fourth-order valence-corrected chi connectivity index (χ4v) is 1.47. The van der Waals surface area contributed by atoms with E-state index in [0.717, 1.165) is 12.4 Å². The van der Waals surface area contributed by atoms with E-state index in [4.69, 9.17) is 10.5 Å². The van der Waals surface area contributed by atoms with E-state index in [1.54, 1.807) is 0 Å². The van der Waals surface area contributed by atoms with Crippen molar-refractivity contribution in [1.29, 1.82) is 0 Å². The van der Waals surface area contributed by atoms with Crippen molar-refractivity contribution in [3.8, 4) is 5.88 Å². The molecular weight excluding hydrogens is 204 g/mol. The van der Waals surface area contributed by atoms with Gasteiger partial charge in [0, 0.05) is 25.7 Å². The third-order valence-electron chi connectivity index (χ3n) is 2.05. The molecule has 0 aliphatic rings. The molecule has 2 N–H and O–H groups in total. The van der Waals surface area contributed by atoms with Gasteiger partial charge >= 0.3 is 0 Å². The lowest BCUT2D eigenvalue weighted by atomic mass is 10.3. The summed E-state index contributed by atoms with van der Waals surface area (Å²) in [5, 5.41) is 0. The van der Waals surface area contributed by atoms with Gasteiger partial charge in [0.15, 0.2) is 0 Å². The van der Waals surface area contributed by atoms with Crippen molar-refractivity contribution >= 4 is 5.82 Å². The summed E-state index contributed by atoms with van der Waals surface area (Å²) < 4.78 is 5.37. The minimum Gasteiger partial charge on any atom is -0.478 e. The Bertz CT molecular complexity index is 341. The van der Waals surface area contributed by atoms with E-state index in [2.05, 4.69) is 9.97 Å². The highest BCUT2D eigenvalue weighted by Crippen LogP contribution is 2.16. The summed E-state index contributed by atoms with van der Waals surface area (Å²) in [6.07, 6.45) is 0. The first-order valence-electron chi connectivity index (χ1n) is 5.48. The topological polar surface area (TPSA) is 64.3 Å². The fraction of sp³-hybridized carbons (Fsp3) is 0.636. The average Bonchev–Trinajstić information content (AvgIpc) is 2.16. The van der Waals surface area contributed by atoms with E-state index in [-0.39, 0.29) is 6.04 Å². The SMILES string of the molecule is CCOc1cc(N(C)CC(C)N)nc(C)n1. The van der Waals surface area contributed by atoms with Gasteiger partial charge in [-0.05, 0) is 20.8 Å². The molecule has 0 fully saturated rings. The van der Waals surface area contributed by atoms with Crippen molar-refractivity contribution in [2.45, 2.75) is 26.8 Å². The van der Waals surface area contributed by atoms with Crippen molar-refractivity contribution in [2.24, 2.45) is 5.73 Å². The number of anilines is 1. The summed E-state index contributed by atoms with van der Waals surface area (Å²) in [6.45, 7) is 7.11. The molecule has 0 bridgehead atoms. The summed E-state index contributed by atoms with van der Waals surface area (Å²) in [5.74, 6) is 2.16. The van der Waals surface area contributed by atoms with Crippen LogP contribution in [0.1, 0.15) is 19.7 Å². The first kappa shape index (κ1) is 12.7. The van der Waals surface area contributed by atoms with Crippen LogP contribution in [0.25, 0.3) is 0 Å². The number of rotatable bonds is 5. The highest BCUT2D eigenvalue weighted by atomic mass is 16.5. The van der Waals surface area contributed by atoms with Crippen LogP contribution in [-0.4, -0.2) is 36.2 Å². The van der Waals surface area contributed by atoms with E-state index in [1.807, 2.05) is 38.8 Å². The molecule has 90 valence electrons. The zero-order chi connectivity index (χ0) is 12.1. The van der Waals surface area contributed by atoms with Gasteiger partial charge in [0.1, 0.15) is 11.6 Å². The van der Waals surface area contributed by atoms with Crippen molar-refractivity contribution in [1.82, 2.24) is 9.97 Å². The molecule has 0 spiro atoms. The van der Waals surface area contributed by atoms with Gasteiger partial charge in [0.2, 0.25) is 5.88 Å². The third kappa shape index (κ3) is 3.66. The van der Waals surface area contributed by atoms with E-state index in [1.165, 1.54) is 0 Å². The van der Waals surface area contributed by atoms with Crippen LogP contribution in [0.3, 0.4) is 0 Å². The normalized spacial score (nSPS) is 12.3. The molecule has 1 aromatic rings. The molecule has 1 unspecified atom stereocenters. The van der Waals surface area contributed by atoms with Gasteiger partial charge in [-0.25, -0.2) is 4.98 Å². The summed E-state index contributed by atoms with van der Waals surface area (Å²) in [7, 11) is 1.96.